The fourth-order valence-electron chi connectivity index (χ4n) is 5.67. The maximum atomic E-state index is 13.3. The van der Waals surface area contributed by atoms with Gasteiger partial charge in [-0.1, -0.05) is 86.5 Å². The lowest BCUT2D eigenvalue weighted by molar-refractivity contribution is -0.132. The summed E-state index contributed by atoms with van der Waals surface area (Å²) in [5.41, 5.74) is 7.14. The molecule has 0 radical (unpaired) electrons. The number of carbonyl (C=O) groups excluding carboxylic acids is 2. The molecule has 2 N–H and O–H groups in total. The summed E-state index contributed by atoms with van der Waals surface area (Å²) in [5, 5.41) is 11.0. The van der Waals surface area contributed by atoms with E-state index in [9.17, 15) is 9.59 Å². The van der Waals surface area contributed by atoms with Crippen molar-refractivity contribution in [1.29, 1.82) is 0 Å². The van der Waals surface area contributed by atoms with Crippen LogP contribution in [-0.4, -0.2) is 39.7 Å². The minimum Gasteiger partial charge on any atom is -0.343 e. The summed E-state index contributed by atoms with van der Waals surface area (Å²) in [4.78, 5) is 28.2. The van der Waals surface area contributed by atoms with Crippen molar-refractivity contribution >= 4 is 23.4 Å². The van der Waals surface area contributed by atoms with Crippen LogP contribution in [0.1, 0.15) is 68.0 Å². The predicted molar refractivity (Wildman–Crippen MR) is 179 cm³/mol. The van der Waals surface area contributed by atoms with Gasteiger partial charge in [-0.15, -0.1) is 0 Å². The zero-order valence-electron chi connectivity index (χ0n) is 26.7. The summed E-state index contributed by atoms with van der Waals surface area (Å²) in [7, 11) is 0. The van der Waals surface area contributed by atoms with E-state index in [2.05, 4.69) is 68.7 Å². The normalized spacial score (nSPS) is 14.0. The van der Waals surface area contributed by atoms with E-state index in [-0.39, 0.29) is 17.4 Å². The van der Waals surface area contributed by atoms with Crippen LogP contribution in [0.25, 0.3) is 5.69 Å². The molecule has 7 heteroatoms. The molecule has 1 aliphatic heterocycles. The molecule has 0 unspecified atom stereocenters. The Kier molecular flexibility index (Phi) is 9.52. The van der Waals surface area contributed by atoms with Gasteiger partial charge in [-0.05, 0) is 74.8 Å². The molecule has 0 saturated carbocycles. The summed E-state index contributed by atoms with van der Waals surface area (Å²) >= 11 is 0. The van der Waals surface area contributed by atoms with Gasteiger partial charge >= 0.3 is 6.03 Å². The average Bonchev–Trinajstić information content (AvgIpc) is 3.43. The number of hydrogen-bond acceptors (Lipinski definition) is 3. The number of para-hydroxylation sites is 1. The second-order valence-corrected chi connectivity index (χ2v) is 13.2. The van der Waals surface area contributed by atoms with Crippen molar-refractivity contribution in [1.82, 2.24) is 14.7 Å². The first kappa shape index (κ1) is 31.0. The highest BCUT2D eigenvalue weighted by Gasteiger charge is 2.24. The number of benzene rings is 3. The quantitative estimate of drug-likeness (QED) is 0.219. The molecule has 0 aliphatic carbocycles. The third-order valence-electron chi connectivity index (χ3n) is 8.49. The monoisotopic (exact) mass is 591 g/mol. The fraction of sp³-hybridized carbons (Fsp3) is 0.378. The highest BCUT2D eigenvalue weighted by molar-refractivity contribution is 6.00. The topological polar surface area (TPSA) is 79.3 Å². The van der Waals surface area contributed by atoms with Crippen LogP contribution in [0.4, 0.5) is 16.3 Å². The summed E-state index contributed by atoms with van der Waals surface area (Å²) < 4.78 is 1.79. The third kappa shape index (κ3) is 7.95. The van der Waals surface area contributed by atoms with Crippen molar-refractivity contribution in [3.63, 3.8) is 0 Å². The number of hydrogen-bond donors (Lipinski definition) is 2. The molecule has 0 spiro atoms. The molecule has 44 heavy (non-hydrogen) atoms. The van der Waals surface area contributed by atoms with Crippen LogP contribution >= 0.6 is 0 Å². The number of aryl methyl sites for hydroxylation is 3. The van der Waals surface area contributed by atoms with Crippen molar-refractivity contribution in [2.75, 3.05) is 23.7 Å². The maximum absolute atomic E-state index is 13.3. The van der Waals surface area contributed by atoms with Crippen LogP contribution in [0.15, 0.2) is 78.9 Å². The summed E-state index contributed by atoms with van der Waals surface area (Å²) in [6.07, 6.45) is 4.11. The lowest BCUT2D eigenvalue weighted by Gasteiger charge is -2.32. The van der Waals surface area contributed by atoms with Crippen molar-refractivity contribution in [2.24, 2.45) is 5.92 Å². The molecule has 1 saturated heterocycles. The summed E-state index contributed by atoms with van der Waals surface area (Å²) in [6.45, 7) is 12.0. The standard InChI is InChI=1S/C37H45N5O2/c1-26-10-14-28(15-11-26)16-19-35(43)41-22-20-29(21-23-41)24-30-8-6-7-9-32(30)38-36(44)39-34-25-33(37(3,4)5)40-42(34)31-17-12-27(2)13-18-31/h6-15,17-18,25,29H,16,19-24H2,1-5H3,(H2,38,39,44). The van der Waals surface area contributed by atoms with E-state index in [4.69, 9.17) is 5.10 Å². The maximum Gasteiger partial charge on any atom is 0.324 e. The van der Waals surface area contributed by atoms with Gasteiger partial charge in [-0.3, -0.25) is 10.1 Å². The summed E-state index contributed by atoms with van der Waals surface area (Å²) in [6, 6.07) is 26.2. The number of rotatable bonds is 8. The van der Waals surface area contributed by atoms with Gasteiger partial charge in [0, 0.05) is 36.7 Å². The molecule has 1 aromatic heterocycles. The van der Waals surface area contributed by atoms with Crippen molar-refractivity contribution in [3.05, 3.63) is 107 Å². The Morgan fingerprint density at radius 1 is 0.864 bits per heavy atom. The minimum atomic E-state index is -0.305. The Labute approximate surface area is 261 Å². The molecular formula is C37H45N5O2. The van der Waals surface area contributed by atoms with Crippen LogP contribution in [0.5, 0.6) is 0 Å². The number of urea groups is 1. The zero-order valence-corrected chi connectivity index (χ0v) is 26.7. The first-order valence-electron chi connectivity index (χ1n) is 15.7. The SMILES string of the molecule is Cc1ccc(CCC(=O)N2CCC(Cc3ccccc3NC(=O)Nc3cc(C(C)(C)C)nn3-c3ccc(C)cc3)CC2)cc1. The second-order valence-electron chi connectivity index (χ2n) is 13.2. The molecule has 3 aromatic carbocycles. The molecule has 7 nitrogen and oxygen atoms in total. The number of amides is 3. The van der Waals surface area contributed by atoms with Gasteiger partial charge in [0.15, 0.2) is 0 Å². The molecule has 0 atom stereocenters. The number of aromatic nitrogens is 2. The average molecular weight is 592 g/mol. The van der Waals surface area contributed by atoms with E-state index in [0.717, 1.165) is 67.0 Å². The molecule has 0 bridgehead atoms. The molecule has 4 aromatic rings. The smallest absolute Gasteiger partial charge is 0.324 e. The van der Waals surface area contributed by atoms with Crippen LogP contribution in [0.3, 0.4) is 0 Å². The van der Waals surface area contributed by atoms with Crippen molar-refractivity contribution in [3.8, 4) is 5.69 Å². The number of likely N-dealkylation sites (tertiary alicyclic amines) is 1. The highest BCUT2D eigenvalue weighted by atomic mass is 16.2. The van der Waals surface area contributed by atoms with E-state index in [1.54, 1.807) is 4.68 Å². The van der Waals surface area contributed by atoms with Gasteiger partial charge in [0.1, 0.15) is 5.82 Å². The first-order chi connectivity index (χ1) is 21.0. The molecule has 2 heterocycles. The Morgan fingerprint density at radius 3 is 2.16 bits per heavy atom. The highest BCUT2D eigenvalue weighted by Crippen LogP contribution is 2.28. The fourth-order valence-corrected chi connectivity index (χ4v) is 5.67. The van der Waals surface area contributed by atoms with E-state index >= 15 is 0 Å². The zero-order chi connectivity index (χ0) is 31.3. The van der Waals surface area contributed by atoms with Gasteiger partial charge in [0.2, 0.25) is 5.91 Å². The summed E-state index contributed by atoms with van der Waals surface area (Å²) in [5.74, 6) is 1.31. The largest absolute Gasteiger partial charge is 0.343 e. The van der Waals surface area contributed by atoms with E-state index in [1.165, 1.54) is 11.1 Å². The predicted octanol–water partition coefficient (Wildman–Crippen LogP) is 7.84. The number of piperidine rings is 1. The Balaban J connectivity index is 1.18. The number of nitrogens with zero attached hydrogens (tertiary/aromatic N) is 3. The third-order valence-corrected chi connectivity index (χ3v) is 8.49. The molecule has 1 aliphatic rings. The Morgan fingerprint density at radius 2 is 1.50 bits per heavy atom. The lowest BCUT2D eigenvalue weighted by Crippen LogP contribution is -2.39. The number of nitrogens with one attached hydrogen (secondary N) is 2. The van der Waals surface area contributed by atoms with Gasteiger partial charge in [0.25, 0.3) is 0 Å². The Bertz CT molecular complexity index is 1570. The molecule has 1 fully saturated rings. The number of carbonyl (C=O) groups is 2. The van der Waals surface area contributed by atoms with Crippen LogP contribution < -0.4 is 10.6 Å². The van der Waals surface area contributed by atoms with Crippen LogP contribution in [0, 0.1) is 19.8 Å². The number of anilines is 2. The van der Waals surface area contributed by atoms with Crippen molar-refractivity contribution < 1.29 is 9.59 Å². The van der Waals surface area contributed by atoms with E-state index < -0.39 is 0 Å². The van der Waals surface area contributed by atoms with Gasteiger partial charge in [0.05, 0.1) is 11.4 Å². The second kappa shape index (κ2) is 13.5. The minimum absolute atomic E-state index is 0.170. The van der Waals surface area contributed by atoms with E-state index in [1.807, 2.05) is 60.4 Å². The van der Waals surface area contributed by atoms with Crippen LogP contribution in [0.2, 0.25) is 0 Å². The van der Waals surface area contributed by atoms with Gasteiger partial charge in [-0.25, -0.2) is 9.48 Å². The van der Waals surface area contributed by atoms with Crippen LogP contribution in [-0.2, 0) is 23.1 Å². The molecule has 5 rings (SSSR count). The van der Waals surface area contributed by atoms with Gasteiger partial charge in [-0.2, -0.15) is 5.10 Å². The Hall–Kier alpha value is -4.39. The van der Waals surface area contributed by atoms with Gasteiger partial charge < -0.3 is 10.2 Å². The van der Waals surface area contributed by atoms with E-state index in [0.29, 0.717) is 18.2 Å². The van der Waals surface area contributed by atoms with Crippen molar-refractivity contribution in [2.45, 2.75) is 72.1 Å². The molecule has 230 valence electrons. The first-order valence-corrected chi connectivity index (χ1v) is 15.7. The molecular weight excluding hydrogens is 546 g/mol. The molecule has 3 amide bonds. The lowest BCUT2D eigenvalue weighted by atomic mass is 9.89.